The zero-order chi connectivity index (χ0) is 25.3. The molecule has 1 N–H and O–H groups in total. The first-order valence-electron chi connectivity index (χ1n) is 10.1. The molecule has 0 bridgehead atoms. The smallest absolute Gasteiger partial charge is 0.433 e. The van der Waals surface area contributed by atoms with Crippen LogP contribution in [0.5, 0.6) is 11.6 Å². The lowest BCUT2D eigenvalue weighted by molar-refractivity contribution is -0.141. The lowest BCUT2D eigenvalue weighted by Gasteiger charge is -2.21. The van der Waals surface area contributed by atoms with E-state index in [9.17, 15) is 26.4 Å². The van der Waals surface area contributed by atoms with E-state index in [1.165, 1.54) is 36.4 Å². The summed E-state index contributed by atoms with van der Waals surface area (Å²) in [5, 5.41) is 2.61. The number of hydrogen-bond donors (Lipinski definition) is 1. The Kier molecular flexibility index (Phi) is 6.75. The highest BCUT2D eigenvalue weighted by atomic mass is 32.2. The number of anilines is 1. The molecule has 2 aromatic carbocycles. The van der Waals surface area contributed by atoms with Crippen LogP contribution in [0.3, 0.4) is 0 Å². The molecule has 1 heterocycles. The molecule has 0 fully saturated rings. The summed E-state index contributed by atoms with van der Waals surface area (Å²) in [6.45, 7) is 5.81. The van der Waals surface area contributed by atoms with E-state index in [0.29, 0.717) is 0 Å². The van der Waals surface area contributed by atoms with Crippen LogP contribution in [-0.4, -0.2) is 25.6 Å². The Bertz CT molecular complexity index is 1330. The summed E-state index contributed by atoms with van der Waals surface area (Å²) in [6.07, 6.45) is -3.61. The van der Waals surface area contributed by atoms with Crippen LogP contribution in [-0.2, 0) is 21.4 Å². The van der Waals surface area contributed by atoms with E-state index in [0.717, 1.165) is 24.0 Å². The Hall–Kier alpha value is -3.40. The third-order valence-electron chi connectivity index (χ3n) is 4.84. The van der Waals surface area contributed by atoms with Crippen molar-refractivity contribution in [2.24, 2.45) is 0 Å². The van der Waals surface area contributed by atoms with E-state index >= 15 is 0 Å². The van der Waals surface area contributed by atoms with Crippen LogP contribution in [0, 0.1) is 0 Å². The molecule has 6 nitrogen and oxygen atoms in total. The van der Waals surface area contributed by atoms with Gasteiger partial charge in [-0.25, -0.2) is 13.4 Å². The minimum atomic E-state index is -4.66. The molecule has 1 aromatic heterocycles. The minimum Gasteiger partial charge on any atom is -0.438 e. The van der Waals surface area contributed by atoms with Gasteiger partial charge in [-0.2, -0.15) is 13.2 Å². The molecular formula is C24H23F3N2O4S. The van der Waals surface area contributed by atoms with Gasteiger partial charge in [-0.1, -0.05) is 39.0 Å². The molecule has 0 unspecified atom stereocenters. The molecule has 180 valence electrons. The molecule has 3 rings (SSSR count). The number of nitrogens with one attached hydrogen (secondary N) is 1. The van der Waals surface area contributed by atoms with Gasteiger partial charge in [0.05, 0.1) is 10.5 Å². The van der Waals surface area contributed by atoms with Crippen molar-refractivity contribution in [3.63, 3.8) is 0 Å². The van der Waals surface area contributed by atoms with Crippen LogP contribution in [0.15, 0.2) is 65.6 Å². The Morgan fingerprint density at radius 1 is 0.971 bits per heavy atom. The molecular weight excluding hydrogens is 469 g/mol. The number of rotatable bonds is 5. The van der Waals surface area contributed by atoms with Crippen LogP contribution in [0.25, 0.3) is 0 Å². The number of halogens is 3. The zero-order valence-corrected chi connectivity index (χ0v) is 19.7. The third kappa shape index (κ3) is 6.13. The van der Waals surface area contributed by atoms with Crippen LogP contribution in [0.2, 0.25) is 0 Å². The number of aromatic nitrogens is 1. The fraction of sp³-hybridized carbons (Fsp3) is 0.250. The molecule has 0 atom stereocenters. The second-order valence-corrected chi connectivity index (χ2v) is 10.7. The van der Waals surface area contributed by atoms with E-state index in [1.807, 2.05) is 20.8 Å². The molecule has 1 amide bonds. The van der Waals surface area contributed by atoms with Gasteiger partial charge in [0.15, 0.2) is 9.84 Å². The highest BCUT2D eigenvalue weighted by Crippen LogP contribution is 2.34. The SMILES string of the molecule is CC(C)(C)c1ccc(C(=O)Nc2cccc(S(C)(=O)=O)c2)c(Oc2cccc(C(F)(F)F)n2)c1. The van der Waals surface area contributed by atoms with E-state index in [-0.39, 0.29) is 33.2 Å². The number of carbonyl (C=O) groups excluding carboxylic acids is 1. The molecule has 0 aliphatic rings. The van der Waals surface area contributed by atoms with Crippen molar-refractivity contribution < 1.29 is 31.1 Å². The van der Waals surface area contributed by atoms with E-state index in [4.69, 9.17) is 4.74 Å². The fourth-order valence-corrected chi connectivity index (χ4v) is 3.67. The van der Waals surface area contributed by atoms with Gasteiger partial charge in [-0.3, -0.25) is 4.79 Å². The van der Waals surface area contributed by atoms with Gasteiger partial charge >= 0.3 is 6.18 Å². The molecule has 34 heavy (non-hydrogen) atoms. The first kappa shape index (κ1) is 25.2. The number of sulfone groups is 1. The largest absolute Gasteiger partial charge is 0.438 e. The number of nitrogens with zero attached hydrogens (tertiary/aromatic N) is 1. The van der Waals surface area contributed by atoms with Gasteiger partial charge in [0.25, 0.3) is 5.91 Å². The number of hydrogen-bond acceptors (Lipinski definition) is 5. The Labute approximate surface area is 195 Å². The molecule has 0 saturated heterocycles. The summed E-state index contributed by atoms with van der Waals surface area (Å²) >= 11 is 0. The number of benzene rings is 2. The van der Waals surface area contributed by atoms with Crippen molar-refractivity contribution in [3.8, 4) is 11.6 Å². The number of pyridine rings is 1. The Morgan fingerprint density at radius 3 is 2.26 bits per heavy atom. The van der Waals surface area contributed by atoms with Crippen molar-refractivity contribution in [3.05, 3.63) is 77.5 Å². The minimum absolute atomic E-state index is 0.0102. The van der Waals surface area contributed by atoms with Gasteiger partial charge in [0, 0.05) is 18.0 Å². The summed E-state index contributed by atoms with van der Waals surface area (Å²) in [4.78, 5) is 16.6. The maximum atomic E-state index is 13.1. The predicted molar refractivity (Wildman–Crippen MR) is 122 cm³/mol. The van der Waals surface area contributed by atoms with E-state index < -0.39 is 27.6 Å². The van der Waals surface area contributed by atoms with Gasteiger partial charge < -0.3 is 10.1 Å². The lowest BCUT2D eigenvalue weighted by Crippen LogP contribution is -2.16. The molecule has 0 aliphatic carbocycles. The zero-order valence-electron chi connectivity index (χ0n) is 18.9. The van der Waals surface area contributed by atoms with Gasteiger partial charge in [0.2, 0.25) is 5.88 Å². The second-order valence-electron chi connectivity index (χ2n) is 8.68. The average molecular weight is 493 g/mol. The molecule has 3 aromatic rings. The molecule has 10 heteroatoms. The fourth-order valence-electron chi connectivity index (χ4n) is 3.01. The van der Waals surface area contributed by atoms with Crippen molar-refractivity contribution in [1.29, 1.82) is 0 Å². The summed E-state index contributed by atoms with van der Waals surface area (Å²) in [7, 11) is -3.49. The first-order chi connectivity index (χ1) is 15.6. The Morgan fingerprint density at radius 2 is 1.65 bits per heavy atom. The summed E-state index contributed by atoms with van der Waals surface area (Å²) in [5.41, 5.74) is -0.406. The second kappa shape index (κ2) is 9.09. The average Bonchev–Trinajstić information content (AvgIpc) is 2.72. The van der Waals surface area contributed by atoms with Crippen LogP contribution in [0.4, 0.5) is 18.9 Å². The van der Waals surface area contributed by atoms with E-state index in [1.54, 1.807) is 12.1 Å². The maximum Gasteiger partial charge on any atom is 0.433 e. The van der Waals surface area contributed by atoms with Crippen molar-refractivity contribution >= 4 is 21.4 Å². The number of ether oxygens (including phenoxy) is 1. The van der Waals surface area contributed by atoms with Crippen molar-refractivity contribution in [2.75, 3.05) is 11.6 Å². The van der Waals surface area contributed by atoms with Gasteiger partial charge in [0.1, 0.15) is 11.4 Å². The molecule has 0 aliphatic heterocycles. The number of alkyl halides is 3. The summed E-state index contributed by atoms with van der Waals surface area (Å²) < 4.78 is 68.5. The number of amides is 1. The first-order valence-corrected chi connectivity index (χ1v) is 12.0. The highest BCUT2D eigenvalue weighted by Gasteiger charge is 2.33. The monoisotopic (exact) mass is 492 g/mol. The predicted octanol–water partition coefficient (Wildman–Crippen LogP) is 5.85. The van der Waals surface area contributed by atoms with E-state index in [2.05, 4.69) is 10.3 Å². The molecule has 0 spiro atoms. The molecule has 0 saturated carbocycles. The lowest BCUT2D eigenvalue weighted by atomic mass is 9.86. The quantitative estimate of drug-likeness (QED) is 0.483. The van der Waals surface area contributed by atoms with Crippen LogP contribution in [0.1, 0.15) is 42.4 Å². The Balaban J connectivity index is 2.00. The van der Waals surface area contributed by atoms with Gasteiger partial charge in [-0.15, -0.1) is 0 Å². The van der Waals surface area contributed by atoms with Crippen LogP contribution >= 0.6 is 0 Å². The summed E-state index contributed by atoms with van der Waals surface area (Å²) in [5.74, 6) is -0.946. The third-order valence-corrected chi connectivity index (χ3v) is 5.95. The normalized spacial score (nSPS) is 12.3. The topological polar surface area (TPSA) is 85.4 Å². The van der Waals surface area contributed by atoms with Crippen LogP contribution < -0.4 is 10.1 Å². The van der Waals surface area contributed by atoms with Crippen molar-refractivity contribution in [1.82, 2.24) is 4.98 Å². The standard InChI is InChI=1S/C24H23F3N2O4S/c1-23(2,3)15-11-12-18(22(30)28-16-7-5-8-17(14-16)34(4,31)32)19(13-15)33-21-10-6-9-20(29-21)24(25,26)27/h5-14H,1-4H3,(H,28,30). The molecule has 0 radical (unpaired) electrons. The highest BCUT2D eigenvalue weighted by molar-refractivity contribution is 7.90. The van der Waals surface area contributed by atoms with Gasteiger partial charge in [-0.05, 0) is 47.4 Å². The maximum absolute atomic E-state index is 13.1. The summed E-state index contributed by atoms with van der Waals surface area (Å²) in [6, 6.07) is 13.7. The number of carbonyl (C=O) groups is 1. The van der Waals surface area contributed by atoms with Crippen molar-refractivity contribution in [2.45, 2.75) is 37.3 Å².